The quantitative estimate of drug-likeness (QED) is 0.912. The summed E-state index contributed by atoms with van der Waals surface area (Å²) in [6.45, 7) is 4.00. The number of rotatable bonds is 4. The Morgan fingerprint density at radius 2 is 1.96 bits per heavy atom. The highest BCUT2D eigenvalue weighted by Crippen LogP contribution is 2.28. The molecule has 0 saturated heterocycles. The molecule has 0 bridgehead atoms. The molecular weight excluding hydrogens is 334 g/mol. The maximum atomic E-state index is 12.3. The van der Waals surface area contributed by atoms with Gasteiger partial charge < -0.3 is 4.98 Å². The van der Waals surface area contributed by atoms with Crippen LogP contribution in [0.3, 0.4) is 0 Å². The first kappa shape index (κ1) is 16.6. The van der Waals surface area contributed by atoms with Crippen molar-refractivity contribution in [1.82, 2.24) is 14.3 Å². The Labute approximate surface area is 139 Å². The van der Waals surface area contributed by atoms with E-state index in [4.69, 9.17) is 0 Å². The van der Waals surface area contributed by atoms with Crippen LogP contribution in [-0.2, 0) is 16.6 Å². The molecule has 8 heteroatoms. The summed E-state index contributed by atoms with van der Waals surface area (Å²) in [7, 11) is -3.34. The molecule has 6 nitrogen and oxygen atoms in total. The van der Waals surface area contributed by atoms with Crippen molar-refractivity contribution in [1.29, 1.82) is 0 Å². The summed E-state index contributed by atoms with van der Waals surface area (Å²) in [5, 5.41) is 0.614. The number of thiophene rings is 1. The number of hydrogen-bond acceptors (Lipinski definition) is 5. The molecule has 0 amide bonds. The first-order valence-corrected chi connectivity index (χ1v) is 10.4. The van der Waals surface area contributed by atoms with Gasteiger partial charge in [0, 0.05) is 10.9 Å². The van der Waals surface area contributed by atoms with Crippen LogP contribution < -0.4 is 5.56 Å². The third-order valence-corrected chi connectivity index (χ3v) is 6.93. The second-order valence-corrected chi connectivity index (χ2v) is 9.36. The number of hydrogen-bond donors (Lipinski definition) is 1. The van der Waals surface area contributed by atoms with Crippen LogP contribution in [0.15, 0.2) is 4.79 Å². The fraction of sp³-hybridized carbons (Fsp3) is 0.600. The number of nitrogens with zero attached hydrogens (tertiary/aromatic N) is 2. The van der Waals surface area contributed by atoms with Crippen LogP contribution in [0.2, 0.25) is 0 Å². The van der Waals surface area contributed by atoms with Gasteiger partial charge in [0.1, 0.15) is 10.7 Å². The van der Waals surface area contributed by atoms with Gasteiger partial charge in [0.15, 0.2) is 0 Å². The van der Waals surface area contributed by atoms with E-state index in [0.29, 0.717) is 16.0 Å². The number of H-pyrrole nitrogens is 1. The van der Waals surface area contributed by atoms with E-state index in [0.717, 1.165) is 36.1 Å². The maximum Gasteiger partial charge on any atom is 0.259 e. The van der Waals surface area contributed by atoms with Crippen LogP contribution in [-0.4, -0.2) is 35.0 Å². The molecule has 0 unspecified atom stereocenters. The van der Waals surface area contributed by atoms with E-state index in [-0.39, 0.29) is 18.1 Å². The van der Waals surface area contributed by atoms with Crippen molar-refractivity contribution >= 4 is 31.6 Å². The number of nitrogens with one attached hydrogen (secondary N) is 1. The van der Waals surface area contributed by atoms with Gasteiger partial charge in [-0.15, -0.1) is 11.3 Å². The minimum atomic E-state index is -3.34. The maximum absolute atomic E-state index is 12.3. The zero-order valence-corrected chi connectivity index (χ0v) is 15.2. The van der Waals surface area contributed by atoms with Crippen molar-refractivity contribution in [3.05, 3.63) is 26.6 Å². The molecule has 2 aromatic heterocycles. The average molecular weight is 355 g/mol. The average Bonchev–Trinajstić information content (AvgIpc) is 3.04. The fourth-order valence-electron chi connectivity index (χ4n) is 3.23. The molecule has 1 aliphatic rings. The molecule has 0 radical (unpaired) electrons. The Morgan fingerprint density at radius 1 is 1.30 bits per heavy atom. The first-order chi connectivity index (χ1) is 10.8. The minimum Gasteiger partial charge on any atom is -0.309 e. The molecule has 0 spiro atoms. The molecule has 1 aliphatic carbocycles. The lowest BCUT2D eigenvalue weighted by Gasteiger charge is -2.25. The van der Waals surface area contributed by atoms with Gasteiger partial charge in [-0.1, -0.05) is 12.8 Å². The normalized spacial score (nSPS) is 16.7. The molecule has 1 N–H and O–H groups in total. The van der Waals surface area contributed by atoms with E-state index < -0.39 is 10.0 Å². The van der Waals surface area contributed by atoms with E-state index in [1.165, 1.54) is 21.9 Å². The topological polar surface area (TPSA) is 83.1 Å². The van der Waals surface area contributed by atoms with E-state index in [9.17, 15) is 13.2 Å². The molecule has 0 aliphatic heterocycles. The third kappa shape index (κ3) is 3.20. The number of aryl methyl sites for hydroxylation is 2. The van der Waals surface area contributed by atoms with Gasteiger partial charge in [0.25, 0.3) is 5.56 Å². The summed E-state index contributed by atoms with van der Waals surface area (Å²) in [6, 6.07) is 0.0119. The lowest BCUT2D eigenvalue weighted by Crippen LogP contribution is -2.38. The Balaban J connectivity index is 2.00. The van der Waals surface area contributed by atoms with Crippen molar-refractivity contribution in [2.24, 2.45) is 0 Å². The molecule has 0 aromatic carbocycles. The number of sulfonamides is 1. The number of aromatic nitrogens is 2. The third-order valence-electron chi connectivity index (χ3n) is 4.55. The summed E-state index contributed by atoms with van der Waals surface area (Å²) in [6.07, 6.45) is 5.06. The molecule has 126 valence electrons. The van der Waals surface area contributed by atoms with Crippen LogP contribution >= 0.6 is 11.3 Å². The van der Waals surface area contributed by atoms with Crippen LogP contribution in [0.5, 0.6) is 0 Å². The molecule has 0 atom stereocenters. The molecular formula is C15H21N3O3S2. The molecule has 2 aromatic rings. The highest BCUT2D eigenvalue weighted by atomic mass is 32.2. The fourth-order valence-corrected chi connectivity index (χ4v) is 5.39. The van der Waals surface area contributed by atoms with E-state index in [1.807, 2.05) is 13.8 Å². The van der Waals surface area contributed by atoms with Gasteiger partial charge in [-0.2, -0.15) is 4.31 Å². The standard InChI is InChI=1S/C15H21N3O3S2/c1-9-10(2)22-15-13(9)14(19)16-12(17-15)8-18(23(3,20)21)11-6-4-5-7-11/h11H,4-8H2,1-3H3,(H,16,17,19). The second kappa shape index (κ2) is 5.99. The van der Waals surface area contributed by atoms with Crippen molar-refractivity contribution in [2.75, 3.05) is 6.26 Å². The number of fused-ring (bicyclic) bond motifs is 1. The van der Waals surface area contributed by atoms with Crippen LogP contribution in [0.1, 0.15) is 41.9 Å². The smallest absolute Gasteiger partial charge is 0.259 e. The minimum absolute atomic E-state index is 0.0119. The summed E-state index contributed by atoms with van der Waals surface area (Å²) in [4.78, 5) is 21.3. The van der Waals surface area contributed by atoms with Crippen molar-refractivity contribution < 1.29 is 8.42 Å². The zero-order valence-electron chi connectivity index (χ0n) is 13.5. The highest BCUT2D eigenvalue weighted by Gasteiger charge is 2.30. The lowest BCUT2D eigenvalue weighted by atomic mass is 10.2. The Bertz CT molecular complexity index is 893. The van der Waals surface area contributed by atoms with Gasteiger partial charge >= 0.3 is 0 Å². The Kier molecular flexibility index (Phi) is 4.33. The number of aromatic amines is 1. The van der Waals surface area contributed by atoms with E-state index in [2.05, 4.69) is 9.97 Å². The summed E-state index contributed by atoms with van der Waals surface area (Å²) >= 11 is 1.47. The monoisotopic (exact) mass is 355 g/mol. The Morgan fingerprint density at radius 3 is 2.57 bits per heavy atom. The lowest BCUT2D eigenvalue weighted by molar-refractivity contribution is 0.312. The largest absolute Gasteiger partial charge is 0.309 e. The van der Waals surface area contributed by atoms with Gasteiger partial charge in [-0.05, 0) is 32.3 Å². The van der Waals surface area contributed by atoms with Crippen LogP contribution in [0, 0.1) is 13.8 Å². The zero-order chi connectivity index (χ0) is 16.8. The predicted molar refractivity (Wildman–Crippen MR) is 92.4 cm³/mol. The van der Waals surface area contributed by atoms with Gasteiger partial charge in [-0.25, -0.2) is 13.4 Å². The second-order valence-electron chi connectivity index (χ2n) is 6.22. The molecule has 1 fully saturated rings. The van der Waals surface area contributed by atoms with Crippen molar-refractivity contribution in [3.63, 3.8) is 0 Å². The SMILES string of the molecule is Cc1sc2nc(CN(C3CCCC3)S(C)(=O)=O)[nH]c(=O)c2c1C. The van der Waals surface area contributed by atoms with Crippen molar-refractivity contribution in [2.45, 2.75) is 52.1 Å². The molecule has 3 rings (SSSR count). The summed E-state index contributed by atoms with van der Waals surface area (Å²) in [5.41, 5.74) is 0.757. The van der Waals surface area contributed by atoms with E-state index >= 15 is 0 Å². The van der Waals surface area contributed by atoms with Gasteiger partial charge in [-0.3, -0.25) is 4.79 Å². The van der Waals surface area contributed by atoms with Gasteiger partial charge in [0.2, 0.25) is 10.0 Å². The highest BCUT2D eigenvalue weighted by molar-refractivity contribution is 7.88. The predicted octanol–water partition coefficient (Wildman–Crippen LogP) is 2.31. The molecule has 2 heterocycles. The van der Waals surface area contributed by atoms with Crippen molar-refractivity contribution in [3.8, 4) is 0 Å². The Hall–Kier alpha value is -1.25. The van der Waals surface area contributed by atoms with Crippen LogP contribution in [0.4, 0.5) is 0 Å². The summed E-state index contributed by atoms with van der Waals surface area (Å²) in [5.74, 6) is 0.418. The first-order valence-electron chi connectivity index (χ1n) is 7.73. The molecule has 23 heavy (non-hydrogen) atoms. The van der Waals surface area contributed by atoms with Crippen LogP contribution in [0.25, 0.3) is 10.2 Å². The van der Waals surface area contributed by atoms with E-state index in [1.54, 1.807) is 0 Å². The molecule has 1 saturated carbocycles. The summed E-state index contributed by atoms with van der Waals surface area (Å²) < 4.78 is 25.8. The van der Waals surface area contributed by atoms with Gasteiger partial charge in [0.05, 0.1) is 18.2 Å².